The molecule has 0 saturated carbocycles. The van der Waals surface area contributed by atoms with Gasteiger partial charge in [-0.1, -0.05) is 91.0 Å². The van der Waals surface area contributed by atoms with Crippen LogP contribution in [0, 0.1) is 0 Å². The normalized spacial score (nSPS) is 14.7. The molecule has 7 nitrogen and oxygen atoms in total. The number of urea groups is 1. The van der Waals surface area contributed by atoms with Crippen LogP contribution in [0.3, 0.4) is 0 Å². The van der Waals surface area contributed by atoms with Crippen molar-refractivity contribution in [3.63, 3.8) is 0 Å². The summed E-state index contributed by atoms with van der Waals surface area (Å²) in [4.78, 5) is 56.5. The Morgan fingerprint density at radius 3 is 1.92 bits per heavy atom. The lowest BCUT2D eigenvalue weighted by Gasteiger charge is -2.35. The van der Waals surface area contributed by atoms with Crippen molar-refractivity contribution in [1.82, 2.24) is 9.80 Å². The van der Waals surface area contributed by atoms with E-state index in [2.05, 4.69) is 0 Å². The van der Waals surface area contributed by atoms with Crippen LogP contribution < -0.4 is 0 Å². The molecule has 4 amide bonds. The number of rotatable bonds is 6. The van der Waals surface area contributed by atoms with E-state index in [1.54, 1.807) is 85.8 Å². The zero-order valence-corrected chi connectivity index (χ0v) is 20.2. The van der Waals surface area contributed by atoms with Gasteiger partial charge < -0.3 is 4.74 Å². The van der Waals surface area contributed by atoms with Gasteiger partial charge >= 0.3 is 12.0 Å². The lowest BCUT2D eigenvalue weighted by atomic mass is 9.81. The summed E-state index contributed by atoms with van der Waals surface area (Å²) in [5.41, 5.74) is -0.637. The zero-order valence-electron chi connectivity index (χ0n) is 20.2. The van der Waals surface area contributed by atoms with E-state index >= 15 is 0 Å². The van der Waals surface area contributed by atoms with Crippen molar-refractivity contribution in [2.75, 3.05) is 13.2 Å². The van der Waals surface area contributed by atoms with Crippen molar-refractivity contribution < 1.29 is 23.9 Å². The van der Waals surface area contributed by atoms with Gasteiger partial charge in [0.15, 0.2) is 5.54 Å². The highest BCUT2D eigenvalue weighted by atomic mass is 16.5. The number of fused-ring (bicyclic) bond motifs is 1. The topological polar surface area (TPSA) is 84.0 Å². The molecule has 4 aromatic rings. The lowest BCUT2D eigenvalue weighted by molar-refractivity contribution is -0.144. The van der Waals surface area contributed by atoms with Crippen LogP contribution in [0.25, 0.3) is 10.8 Å². The Hall–Kier alpha value is -4.78. The van der Waals surface area contributed by atoms with Crippen molar-refractivity contribution in [2.24, 2.45) is 0 Å². The minimum Gasteiger partial charge on any atom is -0.465 e. The number of carbonyl (C=O) groups excluding carboxylic acids is 4. The second-order valence-electron chi connectivity index (χ2n) is 8.62. The maximum Gasteiger partial charge on any atom is 0.335 e. The third-order valence-electron chi connectivity index (χ3n) is 6.51. The Balaban J connectivity index is 1.69. The number of amides is 4. The fraction of sp³-hybridized carbons (Fsp3) is 0.133. The smallest absolute Gasteiger partial charge is 0.335 e. The molecule has 7 heteroatoms. The highest BCUT2D eigenvalue weighted by Crippen LogP contribution is 2.43. The van der Waals surface area contributed by atoms with E-state index in [4.69, 9.17) is 4.74 Å². The van der Waals surface area contributed by atoms with Crippen molar-refractivity contribution in [3.05, 3.63) is 120 Å². The molecular formula is C30H24N2O5. The number of carbonyl (C=O) groups is 4. The molecule has 0 bridgehead atoms. The minimum atomic E-state index is -1.74. The summed E-state index contributed by atoms with van der Waals surface area (Å²) in [5.74, 6) is -2.19. The first kappa shape index (κ1) is 23.9. The summed E-state index contributed by atoms with van der Waals surface area (Å²) in [6.45, 7) is 1.26. The third-order valence-corrected chi connectivity index (χ3v) is 6.51. The quantitative estimate of drug-likeness (QED) is 0.220. The van der Waals surface area contributed by atoms with Crippen molar-refractivity contribution in [2.45, 2.75) is 12.5 Å². The summed E-state index contributed by atoms with van der Waals surface area (Å²) < 4.78 is 5.13. The maximum atomic E-state index is 14.4. The number of hydrogen-bond donors (Lipinski definition) is 0. The summed E-state index contributed by atoms with van der Waals surface area (Å²) in [6.07, 6.45) is 0. The Morgan fingerprint density at radius 2 is 1.32 bits per heavy atom. The highest BCUT2D eigenvalue weighted by Gasteiger charge is 2.61. The molecule has 0 radical (unpaired) electrons. The van der Waals surface area contributed by atoms with Gasteiger partial charge in [-0.2, -0.15) is 4.90 Å². The molecule has 0 unspecified atom stereocenters. The Kier molecular flexibility index (Phi) is 6.27. The van der Waals surface area contributed by atoms with Crippen LogP contribution in [0.2, 0.25) is 0 Å². The van der Waals surface area contributed by atoms with Crippen molar-refractivity contribution in [1.29, 1.82) is 0 Å². The van der Waals surface area contributed by atoms with Crippen molar-refractivity contribution in [3.8, 4) is 0 Å². The van der Waals surface area contributed by atoms with E-state index in [1.807, 2.05) is 24.3 Å². The Morgan fingerprint density at radius 1 is 0.757 bits per heavy atom. The molecule has 1 aliphatic rings. The maximum absolute atomic E-state index is 14.4. The first-order chi connectivity index (χ1) is 18.0. The molecule has 0 spiro atoms. The Bertz CT molecular complexity index is 1460. The number of hydrogen-bond acceptors (Lipinski definition) is 5. The molecule has 0 atom stereocenters. The molecule has 5 rings (SSSR count). The van der Waals surface area contributed by atoms with Gasteiger partial charge in [-0.05, 0) is 41.0 Å². The number of esters is 1. The molecular weight excluding hydrogens is 468 g/mol. The van der Waals surface area contributed by atoms with Crippen LogP contribution >= 0.6 is 0 Å². The van der Waals surface area contributed by atoms with Gasteiger partial charge in [0.1, 0.15) is 6.54 Å². The van der Waals surface area contributed by atoms with Gasteiger partial charge in [0.25, 0.3) is 11.8 Å². The SMILES string of the molecule is CCOC(=O)CN1C(=O)N(C(=O)c2ccc3ccccc3c2)C(=O)C1(c1ccccc1)c1ccccc1. The molecule has 1 fully saturated rings. The Labute approximate surface area is 213 Å². The first-order valence-electron chi connectivity index (χ1n) is 11.9. The van der Waals surface area contributed by atoms with Gasteiger partial charge in [-0.3, -0.25) is 19.3 Å². The van der Waals surface area contributed by atoms with Gasteiger partial charge in [0.2, 0.25) is 0 Å². The number of nitrogens with zero attached hydrogens (tertiary/aromatic N) is 2. The fourth-order valence-corrected chi connectivity index (χ4v) is 4.86. The van der Waals surface area contributed by atoms with E-state index in [0.29, 0.717) is 16.0 Å². The van der Waals surface area contributed by atoms with Gasteiger partial charge in [0, 0.05) is 5.56 Å². The van der Waals surface area contributed by atoms with E-state index in [1.165, 1.54) is 0 Å². The van der Waals surface area contributed by atoms with Crippen LogP contribution in [0.15, 0.2) is 103 Å². The van der Waals surface area contributed by atoms with Crippen LogP contribution in [-0.4, -0.2) is 46.8 Å². The largest absolute Gasteiger partial charge is 0.465 e. The molecule has 1 aliphatic heterocycles. The van der Waals surface area contributed by atoms with E-state index in [9.17, 15) is 19.2 Å². The molecule has 1 heterocycles. The van der Waals surface area contributed by atoms with E-state index < -0.39 is 35.9 Å². The van der Waals surface area contributed by atoms with Crippen LogP contribution in [-0.2, 0) is 19.9 Å². The molecule has 37 heavy (non-hydrogen) atoms. The molecule has 0 aromatic heterocycles. The van der Waals surface area contributed by atoms with Crippen LogP contribution in [0.4, 0.5) is 4.79 Å². The number of benzene rings is 4. The average molecular weight is 493 g/mol. The summed E-state index contributed by atoms with van der Waals surface area (Å²) in [6, 6.07) is 29.0. The first-order valence-corrected chi connectivity index (χ1v) is 11.9. The summed E-state index contributed by atoms with van der Waals surface area (Å²) >= 11 is 0. The average Bonchev–Trinajstić information content (AvgIpc) is 3.15. The van der Waals surface area contributed by atoms with E-state index in [0.717, 1.165) is 15.7 Å². The monoisotopic (exact) mass is 492 g/mol. The predicted octanol–water partition coefficient (Wildman–Crippen LogP) is 4.75. The second-order valence-corrected chi connectivity index (χ2v) is 8.62. The molecule has 1 saturated heterocycles. The van der Waals surface area contributed by atoms with E-state index in [-0.39, 0.29) is 12.2 Å². The molecule has 0 N–H and O–H groups in total. The van der Waals surface area contributed by atoms with Crippen molar-refractivity contribution >= 4 is 34.6 Å². The molecule has 0 aliphatic carbocycles. The summed E-state index contributed by atoms with van der Waals surface area (Å²) in [5, 5.41) is 1.72. The summed E-state index contributed by atoms with van der Waals surface area (Å²) in [7, 11) is 0. The fourth-order valence-electron chi connectivity index (χ4n) is 4.86. The van der Waals surface area contributed by atoms with Gasteiger partial charge in [-0.15, -0.1) is 0 Å². The predicted molar refractivity (Wildman–Crippen MR) is 138 cm³/mol. The lowest BCUT2D eigenvalue weighted by Crippen LogP contribution is -2.50. The zero-order chi connectivity index (χ0) is 26.0. The standard InChI is InChI=1S/C30H24N2O5/c1-2-37-26(33)20-31-29(36)32(27(34)23-18-17-21-11-9-10-12-22(21)19-23)28(35)30(31,24-13-5-3-6-14-24)25-15-7-4-8-16-25/h3-19H,2,20H2,1H3. The second kappa shape index (κ2) is 9.70. The van der Waals surface area contributed by atoms with Gasteiger partial charge in [0.05, 0.1) is 6.61 Å². The molecule has 184 valence electrons. The number of imide groups is 3. The van der Waals surface area contributed by atoms with Crippen LogP contribution in [0.1, 0.15) is 28.4 Å². The van der Waals surface area contributed by atoms with Crippen LogP contribution in [0.5, 0.6) is 0 Å². The highest BCUT2D eigenvalue weighted by molar-refractivity contribution is 6.24. The molecule has 4 aromatic carbocycles. The minimum absolute atomic E-state index is 0.109. The number of ether oxygens (including phenoxy) is 1. The third kappa shape index (κ3) is 3.94. The van der Waals surface area contributed by atoms with Gasteiger partial charge in [-0.25, -0.2) is 4.79 Å².